The second-order valence-electron chi connectivity index (χ2n) is 4.18. The van der Waals surface area contributed by atoms with Gasteiger partial charge in [0.1, 0.15) is 0 Å². The van der Waals surface area contributed by atoms with Crippen LogP contribution in [0.1, 0.15) is 12.5 Å². The number of esters is 1. The smallest absolute Gasteiger partial charge is 0.310 e. The van der Waals surface area contributed by atoms with Crippen molar-refractivity contribution < 1.29 is 9.53 Å². The molecular weight excluding hydrogens is 252 g/mol. The largest absolute Gasteiger partial charge is 0.466 e. The lowest BCUT2D eigenvalue weighted by molar-refractivity contribution is -0.142. The Morgan fingerprint density at radius 3 is 2.15 bits per heavy atom. The first kappa shape index (κ1) is 13.9. The molecule has 4 nitrogen and oxygen atoms in total. The molecule has 2 aromatic carbocycles. The number of carbonyl (C=O) groups is 1. The Morgan fingerprint density at radius 2 is 1.55 bits per heavy atom. The summed E-state index contributed by atoms with van der Waals surface area (Å²) >= 11 is 0. The van der Waals surface area contributed by atoms with Gasteiger partial charge < -0.3 is 4.74 Å². The summed E-state index contributed by atoms with van der Waals surface area (Å²) in [4.78, 5) is 11.3. The zero-order valence-electron chi connectivity index (χ0n) is 11.3. The van der Waals surface area contributed by atoms with Gasteiger partial charge in [0.2, 0.25) is 0 Å². The highest BCUT2D eigenvalue weighted by molar-refractivity contribution is 5.72. The molecule has 0 amide bonds. The summed E-state index contributed by atoms with van der Waals surface area (Å²) in [7, 11) is 0. The number of carbonyl (C=O) groups excluding carboxylic acids is 1. The zero-order valence-corrected chi connectivity index (χ0v) is 11.3. The van der Waals surface area contributed by atoms with Crippen LogP contribution in [0.15, 0.2) is 64.8 Å². The fraction of sp³-hybridized carbons (Fsp3) is 0.188. The van der Waals surface area contributed by atoms with Gasteiger partial charge >= 0.3 is 5.97 Å². The van der Waals surface area contributed by atoms with Gasteiger partial charge in [-0.15, -0.1) is 0 Å². The summed E-state index contributed by atoms with van der Waals surface area (Å²) in [6.07, 6.45) is 0.282. The predicted molar refractivity (Wildman–Crippen MR) is 77.4 cm³/mol. The first-order valence-electron chi connectivity index (χ1n) is 6.49. The van der Waals surface area contributed by atoms with Crippen LogP contribution in [-0.2, 0) is 16.0 Å². The normalized spacial score (nSPS) is 10.7. The first-order valence-corrected chi connectivity index (χ1v) is 6.49. The van der Waals surface area contributed by atoms with Crippen molar-refractivity contribution in [2.24, 2.45) is 10.2 Å². The molecule has 2 rings (SSSR count). The number of ether oxygens (including phenoxy) is 1. The summed E-state index contributed by atoms with van der Waals surface area (Å²) in [5, 5.41) is 8.27. The summed E-state index contributed by atoms with van der Waals surface area (Å²) in [5.74, 6) is -0.217. The van der Waals surface area contributed by atoms with Crippen molar-refractivity contribution in [3.05, 3.63) is 60.2 Å². The van der Waals surface area contributed by atoms with Crippen LogP contribution in [0.3, 0.4) is 0 Å². The number of hydrogen-bond acceptors (Lipinski definition) is 4. The molecule has 0 aromatic heterocycles. The Balaban J connectivity index is 1.98. The number of rotatable bonds is 5. The molecule has 0 N–H and O–H groups in total. The van der Waals surface area contributed by atoms with Crippen molar-refractivity contribution in [2.75, 3.05) is 6.61 Å². The molecular formula is C16H16N2O2. The Labute approximate surface area is 118 Å². The third-order valence-electron chi connectivity index (χ3n) is 2.63. The maximum absolute atomic E-state index is 11.3. The van der Waals surface area contributed by atoms with Crippen LogP contribution in [0.4, 0.5) is 11.4 Å². The van der Waals surface area contributed by atoms with Crippen molar-refractivity contribution in [2.45, 2.75) is 13.3 Å². The highest BCUT2D eigenvalue weighted by atomic mass is 16.5. The molecule has 0 atom stereocenters. The maximum Gasteiger partial charge on any atom is 0.310 e. The molecule has 102 valence electrons. The van der Waals surface area contributed by atoms with Crippen LogP contribution in [0, 0.1) is 0 Å². The molecule has 0 radical (unpaired) electrons. The Morgan fingerprint density at radius 1 is 0.950 bits per heavy atom. The second kappa shape index (κ2) is 7.19. The van der Waals surface area contributed by atoms with Gasteiger partial charge in [0.05, 0.1) is 24.4 Å². The molecule has 0 spiro atoms. The minimum absolute atomic E-state index is 0.217. The summed E-state index contributed by atoms with van der Waals surface area (Å²) in [6.45, 7) is 2.20. The van der Waals surface area contributed by atoms with Gasteiger partial charge in [0, 0.05) is 0 Å². The van der Waals surface area contributed by atoms with Crippen LogP contribution < -0.4 is 0 Å². The van der Waals surface area contributed by atoms with Crippen LogP contribution in [0.5, 0.6) is 0 Å². The monoisotopic (exact) mass is 268 g/mol. The third-order valence-corrected chi connectivity index (χ3v) is 2.63. The number of azo groups is 1. The molecule has 0 aliphatic heterocycles. The minimum Gasteiger partial charge on any atom is -0.466 e. The van der Waals surface area contributed by atoms with Crippen molar-refractivity contribution >= 4 is 17.3 Å². The summed E-state index contributed by atoms with van der Waals surface area (Å²) in [5.41, 5.74) is 2.46. The van der Waals surface area contributed by atoms with Gasteiger partial charge in [-0.3, -0.25) is 4.79 Å². The second-order valence-corrected chi connectivity index (χ2v) is 4.18. The van der Waals surface area contributed by atoms with Crippen molar-refractivity contribution in [1.82, 2.24) is 0 Å². The van der Waals surface area contributed by atoms with E-state index in [0.717, 1.165) is 16.9 Å². The van der Waals surface area contributed by atoms with E-state index in [9.17, 15) is 4.79 Å². The van der Waals surface area contributed by atoms with E-state index < -0.39 is 0 Å². The zero-order chi connectivity index (χ0) is 14.2. The molecule has 0 unspecified atom stereocenters. The molecule has 0 saturated heterocycles. The third kappa shape index (κ3) is 4.31. The lowest BCUT2D eigenvalue weighted by Gasteiger charge is -2.01. The molecule has 0 bridgehead atoms. The van der Waals surface area contributed by atoms with Crippen molar-refractivity contribution in [3.8, 4) is 0 Å². The van der Waals surface area contributed by atoms with E-state index in [4.69, 9.17) is 4.74 Å². The summed E-state index contributed by atoms with van der Waals surface area (Å²) < 4.78 is 4.90. The van der Waals surface area contributed by atoms with Gasteiger partial charge in [-0.25, -0.2) is 0 Å². The molecule has 20 heavy (non-hydrogen) atoms. The van der Waals surface area contributed by atoms with Gasteiger partial charge in [0.15, 0.2) is 0 Å². The van der Waals surface area contributed by atoms with Crippen LogP contribution >= 0.6 is 0 Å². The van der Waals surface area contributed by atoms with E-state index >= 15 is 0 Å². The lowest BCUT2D eigenvalue weighted by Crippen LogP contribution is -2.07. The van der Waals surface area contributed by atoms with Crippen molar-refractivity contribution in [1.29, 1.82) is 0 Å². The molecule has 2 aromatic rings. The van der Waals surface area contributed by atoms with Crippen LogP contribution in [0.25, 0.3) is 0 Å². The van der Waals surface area contributed by atoms with E-state index in [0.29, 0.717) is 6.61 Å². The van der Waals surface area contributed by atoms with Gasteiger partial charge in [-0.2, -0.15) is 10.2 Å². The fourth-order valence-corrected chi connectivity index (χ4v) is 1.67. The van der Waals surface area contributed by atoms with E-state index in [-0.39, 0.29) is 12.4 Å². The fourth-order valence-electron chi connectivity index (χ4n) is 1.67. The van der Waals surface area contributed by atoms with Crippen LogP contribution in [0.2, 0.25) is 0 Å². The average molecular weight is 268 g/mol. The minimum atomic E-state index is -0.217. The Kier molecular flexibility index (Phi) is 5.00. The van der Waals surface area contributed by atoms with E-state index in [1.165, 1.54) is 0 Å². The molecule has 4 heteroatoms. The first-order chi connectivity index (χ1) is 9.78. The average Bonchev–Trinajstić information content (AvgIpc) is 2.48. The standard InChI is InChI=1S/C16H16N2O2/c1-2-20-16(19)12-13-8-10-15(11-9-13)18-17-14-6-4-3-5-7-14/h3-11H,2,12H2,1H3. The van der Waals surface area contributed by atoms with Gasteiger partial charge in [0.25, 0.3) is 0 Å². The number of nitrogens with zero attached hydrogens (tertiary/aromatic N) is 2. The number of hydrogen-bond donors (Lipinski definition) is 0. The predicted octanol–water partition coefficient (Wildman–Crippen LogP) is 4.21. The van der Waals surface area contributed by atoms with Gasteiger partial charge in [-0.1, -0.05) is 30.3 Å². The van der Waals surface area contributed by atoms with E-state index in [2.05, 4.69) is 10.2 Å². The number of benzene rings is 2. The topological polar surface area (TPSA) is 51.0 Å². The molecule has 0 fully saturated rings. The maximum atomic E-state index is 11.3. The molecule has 0 aliphatic rings. The highest BCUT2D eigenvalue weighted by Crippen LogP contribution is 2.18. The molecule has 0 heterocycles. The molecule has 0 aliphatic carbocycles. The Hall–Kier alpha value is -2.49. The SMILES string of the molecule is CCOC(=O)Cc1ccc(N=Nc2ccccc2)cc1. The van der Waals surface area contributed by atoms with Gasteiger partial charge in [-0.05, 0) is 36.8 Å². The quantitative estimate of drug-likeness (QED) is 0.602. The summed E-state index contributed by atoms with van der Waals surface area (Å²) in [6, 6.07) is 16.9. The van der Waals surface area contributed by atoms with Crippen LogP contribution in [-0.4, -0.2) is 12.6 Å². The molecule has 0 saturated carbocycles. The highest BCUT2D eigenvalue weighted by Gasteiger charge is 2.03. The Bertz CT molecular complexity index is 577. The van der Waals surface area contributed by atoms with Crippen molar-refractivity contribution in [3.63, 3.8) is 0 Å². The van der Waals surface area contributed by atoms with E-state index in [1.54, 1.807) is 6.92 Å². The van der Waals surface area contributed by atoms with E-state index in [1.807, 2.05) is 54.6 Å². The lowest BCUT2D eigenvalue weighted by atomic mass is 10.1.